The smallest absolute Gasteiger partial charge is 0.221 e. The number of piperidine rings is 1. The number of amides is 1. The fraction of sp³-hybridized carbons (Fsp3) is 0.917. The molecule has 0 aliphatic carbocycles. The Bertz CT molecular complexity index is 244. The van der Waals surface area contributed by atoms with E-state index in [0.717, 1.165) is 13.1 Å². The van der Waals surface area contributed by atoms with Gasteiger partial charge in [-0.05, 0) is 18.3 Å². The van der Waals surface area contributed by atoms with Crippen molar-refractivity contribution in [2.24, 2.45) is 29.2 Å². The van der Waals surface area contributed by atoms with E-state index in [4.69, 9.17) is 11.5 Å². The molecule has 0 aromatic rings. The van der Waals surface area contributed by atoms with Crippen LogP contribution in [0.5, 0.6) is 0 Å². The minimum atomic E-state index is -0.221. The molecule has 1 rings (SSSR count). The van der Waals surface area contributed by atoms with Crippen molar-refractivity contribution in [3.05, 3.63) is 0 Å². The van der Waals surface area contributed by atoms with Crippen LogP contribution in [0.1, 0.15) is 27.2 Å². The Morgan fingerprint density at radius 3 is 2.62 bits per heavy atom. The van der Waals surface area contributed by atoms with Crippen molar-refractivity contribution in [1.82, 2.24) is 4.90 Å². The minimum absolute atomic E-state index is 0.0912. The first-order valence-electron chi connectivity index (χ1n) is 6.19. The van der Waals surface area contributed by atoms with Gasteiger partial charge in [0.2, 0.25) is 5.91 Å². The highest BCUT2D eigenvalue weighted by molar-refractivity contribution is 5.76. The number of carbonyl (C=O) groups excluding carboxylic acids is 1. The molecule has 0 aromatic carbocycles. The molecule has 4 unspecified atom stereocenters. The second-order valence-electron chi connectivity index (χ2n) is 5.38. The van der Waals surface area contributed by atoms with Crippen LogP contribution in [-0.2, 0) is 4.79 Å². The molecule has 0 saturated carbocycles. The molecule has 4 N–H and O–H groups in total. The quantitative estimate of drug-likeness (QED) is 0.731. The lowest BCUT2D eigenvalue weighted by Gasteiger charge is -2.43. The van der Waals surface area contributed by atoms with Gasteiger partial charge in [0.05, 0.1) is 0 Å². The maximum atomic E-state index is 11.1. The minimum Gasteiger partial charge on any atom is -0.369 e. The standard InChI is InChI=1S/C12H25N3O/c1-8-4-9(2)11(5-13)15(6-8)7-10(3)12(14)16/h8-11H,4-7,13H2,1-3H3,(H2,14,16). The highest BCUT2D eigenvalue weighted by atomic mass is 16.1. The van der Waals surface area contributed by atoms with E-state index in [1.54, 1.807) is 0 Å². The van der Waals surface area contributed by atoms with Crippen molar-refractivity contribution >= 4 is 5.91 Å². The van der Waals surface area contributed by atoms with Crippen molar-refractivity contribution in [3.8, 4) is 0 Å². The molecule has 94 valence electrons. The number of nitrogens with two attached hydrogens (primary N) is 2. The first kappa shape index (κ1) is 13.5. The van der Waals surface area contributed by atoms with Crippen molar-refractivity contribution in [2.45, 2.75) is 33.2 Å². The Hall–Kier alpha value is -0.610. The molecule has 0 spiro atoms. The van der Waals surface area contributed by atoms with E-state index in [1.807, 2.05) is 6.92 Å². The summed E-state index contributed by atoms with van der Waals surface area (Å²) < 4.78 is 0. The largest absolute Gasteiger partial charge is 0.369 e. The molecule has 1 heterocycles. The summed E-state index contributed by atoms with van der Waals surface area (Å²) in [6.07, 6.45) is 1.23. The number of nitrogens with zero attached hydrogens (tertiary/aromatic N) is 1. The lowest BCUT2D eigenvalue weighted by Crippen LogP contribution is -2.53. The van der Waals surface area contributed by atoms with Crippen LogP contribution in [0.15, 0.2) is 0 Å². The predicted octanol–water partition coefficient (Wildman–Crippen LogP) is 0.413. The average Bonchev–Trinajstić information content (AvgIpc) is 2.16. The summed E-state index contributed by atoms with van der Waals surface area (Å²) in [4.78, 5) is 13.4. The molecule has 1 fully saturated rings. The molecule has 4 nitrogen and oxygen atoms in total. The van der Waals surface area contributed by atoms with Crippen LogP contribution in [0.2, 0.25) is 0 Å². The number of likely N-dealkylation sites (tertiary alicyclic amines) is 1. The fourth-order valence-electron chi connectivity index (χ4n) is 2.79. The van der Waals surface area contributed by atoms with Gasteiger partial charge in [-0.2, -0.15) is 0 Å². The highest BCUT2D eigenvalue weighted by Gasteiger charge is 2.32. The maximum Gasteiger partial charge on any atom is 0.221 e. The van der Waals surface area contributed by atoms with Crippen molar-refractivity contribution in [3.63, 3.8) is 0 Å². The van der Waals surface area contributed by atoms with Gasteiger partial charge in [-0.3, -0.25) is 9.69 Å². The third kappa shape index (κ3) is 3.19. The van der Waals surface area contributed by atoms with Crippen molar-refractivity contribution in [1.29, 1.82) is 0 Å². The molecule has 4 atom stereocenters. The molecule has 16 heavy (non-hydrogen) atoms. The Morgan fingerprint density at radius 2 is 2.12 bits per heavy atom. The molecular weight excluding hydrogens is 202 g/mol. The van der Waals surface area contributed by atoms with E-state index >= 15 is 0 Å². The van der Waals surface area contributed by atoms with Gasteiger partial charge >= 0.3 is 0 Å². The van der Waals surface area contributed by atoms with Crippen LogP contribution in [0, 0.1) is 17.8 Å². The highest BCUT2D eigenvalue weighted by Crippen LogP contribution is 2.27. The van der Waals surface area contributed by atoms with Gasteiger partial charge in [0.1, 0.15) is 0 Å². The van der Waals surface area contributed by atoms with Crippen molar-refractivity contribution in [2.75, 3.05) is 19.6 Å². The van der Waals surface area contributed by atoms with Gasteiger partial charge in [0.15, 0.2) is 0 Å². The molecule has 0 bridgehead atoms. The number of primary amides is 1. The van der Waals surface area contributed by atoms with Gasteiger partial charge < -0.3 is 11.5 Å². The van der Waals surface area contributed by atoms with Crippen LogP contribution < -0.4 is 11.5 Å². The average molecular weight is 227 g/mol. The van der Waals surface area contributed by atoms with Gasteiger partial charge in [0, 0.05) is 31.6 Å². The molecule has 1 aliphatic rings. The van der Waals surface area contributed by atoms with Gasteiger partial charge in [0.25, 0.3) is 0 Å². The third-order valence-corrected chi connectivity index (χ3v) is 3.68. The predicted molar refractivity (Wildman–Crippen MR) is 65.7 cm³/mol. The summed E-state index contributed by atoms with van der Waals surface area (Å²) in [5.74, 6) is 0.972. The van der Waals surface area contributed by atoms with Crippen LogP contribution >= 0.6 is 0 Å². The Labute approximate surface area is 98.3 Å². The SMILES string of the molecule is CC1CC(C)C(CN)N(CC(C)C(N)=O)C1. The first-order valence-corrected chi connectivity index (χ1v) is 6.19. The van der Waals surface area contributed by atoms with Gasteiger partial charge in [-0.25, -0.2) is 0 Å². The molecule has 1 amide bonds. The summed E-state index contributed by atoms with van der Waals surface area (Å²) in [5, 5.41) is 0. The van der Waals surface area contributed by atoms with Crippen LogP contribution in [0.25, 0.3) is 0 Å². The summed E-state index contributed by atoms with van der Waals surface area (Å²) in [6, 6.07) is 0.401. The van der Waals surface area contributed by atoms with E-state index < -0.39 is 0 Å². The molecule has 0 radical (unpaired) electrons. The molecular formula is C12H25N3O. The lowest BCUT2D eigenvalue weighted by atomic mass is 9.84. The first-order chi connectivity index (χ1) is 7.45. The Kier molecular flexibility index (Phi) is 4.74. The topological polar surface area (TPSA) is 72.3 Å². The van der Waals surface area contributed by atoms with E-state index in [-0.39, 0.29) is 11.8 Å². The second-order valence-corrected chi connectivity index (χ2v) is 5.38. The number of carbonyl (C=O) groups is 1. The number of hydrogen-bond acceptors (Lipinski definition) is 3. The van der Waals surface area contributed by atoms with E-state index in [9.17, 15) is 4.79 Å². The van der Waals surface area contributed by atoms with E-state index in [0.29, 0.717) is 24.4 Å². The normalized spacial score (nSPS) is 33.6. The van der Waals surface area contributed by atoms with E-state index in [2.05, 4.69) is 18.7 Å². The molecule has 1 saturated heterocycles. The Morgan fingerprint density at radius 1 is 1.50 bits per heavy atom. The summed E-state index contributed by atoms with van der Waals surface area (Å²) in [7, 11) is 0. The number of rotatable bonds is 4. The molecule has 1 aliphatic heterocycles. The maximum absolute atomic E-state index is 11.1. The third-order valence-electron chi connectivity index (χ3n) is 3.68. The van der Waals surface area contributed by atoms with Crippen molar-refractivity contribution < 1.29 is 4.79 Å². The zero-order chi connectivity index (χ0) is 12.3. The summed E-state index contributed by atoms with van der Waals surface area (Å²) in [6.45, 7) is 8.83. The second kappa shape index (κ2) is 5.64. The van der Waals surface area contributed by atoms with Crippen LogP contribution in [0.4, 0.5) is 0 Å². The van der Waals surface area contributed by atoms with Crippen LogP contribution in [-0.4, -0.2) is 36.5 Å². The zero-order valence-corrected chi connectivity index (χ0v) is 10.6. The Balaban J connectivity index is 2.63. The zero-order valence-electron chi connectivity index (χ0n) is 10.6. The van der Waals surface area contributed by atoms with Gasteiger partial charge in [-0.1, -0.05) is 20.8 Å². The molecule has 4 heteroatoms. The number of hydrogen-bond donors (Lipinski definition) is 2. The van der Waals surface area contributed by atoms with Crippen LogP contribution in [0.3, 0.4) is 0 Å². The summed E-state index contributed by atoms with van der Waals surface area (Å²) >= 11 is 0. The lowest BCUT2D eigenvalue weighted by molar-refractivity contribution is -0.122. The molecule has 0 aromatic heterocycles. The van der Waals surface area contributed by atoms with E-state index in [1.165, 1.54) is 6.42 Å². The summed E-state index contributed by atoms with van der Waals surface area (Å²) in [5.41, 5.74) is 11.1. The van der Waals surface area contributed by atoms with Gasteiger partial charge in [-0.15, -0.1) is 0 Å². The monoisotopic (exact) mass is 227 g/mol. The fourth-order valence-corrected chi connectivity index (χ4v) is 2.79.